The highest BCUT2D eigenvalue weighted by Gasteiger charge is 2.32. The van der Waals surface area contributed by atoms with Gasteiger partial charge >= 0.3 is 5.97 Å². The number of carbonyl (C=O) groups is 2. The van der Waals surface area contributed by atoms with Crippen LogP contribution in [-0.4, -0.2) is 48.6 Å². The number of rotatable bonds is 11. The van der Waals surface area contributed by atoms with Crippen LogP contribution in [0.4, 0.5) is 0 Å². The summed E-state index contributed by atoms with van der Waals surface area (Å²) in [5, 5.41) is 2.99. The topological polar surface area (TPSA) is 58.6 Å². The molecule has 1 heterocycles. The minimum Gasteiger partial charge on any atom is -0.464 e. The summed E-state index contributed by atoms with van der Waals surface area (Å²) in [7, 11) is 0. The van der Waals surface area contributed by atoms with Crippen molar-refractivity contribution in [2.75, 3.05) is 19.7 Å². The summed E-state index contributed by atoms with van der Waals surface area (Å²) >= 11 is 0. The van der Waals surface area contributed by atoms with Gasteiger partial charge in [-0.1, -0.05) is 45.4 Å². The van der Waals surface area contributed by atoms with E-state index in [0.717, 1.165) is 19.5 Å². The van der Waals surface area contributed by atoms with Crippen LogP contribution in [0.25, 0.3) is 0 Å². The summed E-state index contributed by atoms with van der Waals surface area (Å²) in [6.45, 7) is 7.56. The molecular formula is C18H34N2O3. The van der Waals surface area contributed by atoms with Gasteiger partial charge in [-0.25, -0.2) is 0 Å². The molecule has 1 rings (SSSR count). The van der Waals surface area contributed by atoms with Gasteiger partial charge < -0.3 is 10.1 Å². The molecule has 0 unspecified atom stereocenters. The molecule has 1 aliphatic heterocycles. The molecule has 2 atom stereocenters. The lowest BCUT2D eigenvalue weighted by atomic mass is 10.1. The molecule has 5 nitrogen and oxygen atoms in total. The number of likely N-dealkylation sites (tertiary alicyclic amines) is 1. The number of carbonyl (C=O) groups excluding carboxylic acids is 2. The van der Waals surface area contributed by atoms with Crippen LogP contribution >= 0.6 is 0 Å². The summed E-state index contributed by atoms with van der Waals surface area (Å²) < 4.78 is 5.19. The average Bonchev–Trinajstić information content (AvgIpc) is 2.85. The molecule has 1 amide bonds. The van der Waals surface area contributed by atoms with Gasteiger partial charge in [0.05, 0.1) is 0 Å². The number of unbranched alkanes of at least 4 members (excludes halogenated alkanes) is 6. The van der Waals surface area contributed by atoms with E-state index in [9.17, 15) is 9.59 Å². The van der Waals surface area contributed by atoms with Gasteiger partial charge in [-0.2, -0.15) is 0 Å². The summed E-state index contributed by atoms with van der Waals surface area (Å²) in [6.07, 6.45) is 9.91. The molecule has 0 aromatic rings. The van der Waals surface area contributed by atoms with E-state index in [1.165, 1.54) is 51.9 Å². The highest BCUT2D eigenvalue weighted by Crippen LogP contribution is 2.20. The van der Waals surface area contributed by atoms with E-state index in [-0.39, 0.29) is 24.0 Å². The number of ether oxygens (including phenoxy) is 1. The van der Waals surface area contributed by atoms with Crippen LogP contribution in [0, 0.1) is 0 Å². The molecule has 5 heteroatoms. The Bertz CT molecular complexity index is 360. The molecule has 1 N–H and O–H groups in total. The monoisotopic (exact) mass is 326 g/mol. The maximum atomic E-state index is 11.2. The Morgan fingerprint density at radius 3 is 2.35 bits per heavy atom. The first kappa shape index (κ1) is 19.9. The van der Waals surface area contributed by atoms with Crippen LogP contribution in [0.15, 0.2) is 0 Å². The van der Waals surface area contributed by atoms with Crippen molar-refractivity contribution in [2.45, 2.75) is 84.2 Å². The standard InChI is InChI=1S/C18H34N2O3/c1-4-5-6-7-8-9-10-11-20-13-17(19-15(2)21)12-18(20)14-23-16(3)22/h17-18H,4-14H2,1-3H3,(H,19,21)/t17-,18-/m0/s1. The number of nitrogens with zero attached hydrogens (tertiary/aromatic N) is 1. The fourth-order valence-corrected chi connectivity index (χ4v) is 3.31. The number of nitrogens with one attached hydrogen (secondary N) is 1. The molecule has 1 saturated heterocycles. The predicted molar refractivity (Wildman–Crippen MR) is 92.2 cm³/mol. The van der Waals surface area contributed by atoms with Crippen LogP contribution in [0.5, 0.6) is 0 Å². The summed E-state index contributed by atoms with van der Waals surface area (Å²) in [4.78, 5) is 24.7. The van der Waals surface area contributed by atoms with E-state index in [0.29, 0.717) is 6.61 Å². The summed E-state index contributed by atoms with van der Waals surface area (Å²) in [5.74, 6) is -0.220. The van der Waals surface area contributed by atoms with Gasteiger partial charge in [0.1, 0.15) is 6.61 Å². The summed E-state index contributed by atoms with van der Waals surface area (Å²) in [6, 6.07) is 0.411. The molecule has 0 spiro atoms. The first-order valence-corrected chi connectivity index (χ1v) is 9.17. The third kappa shape index (κ3) is 8.94. The number of hydrogen-bond donors (Lipinski definition) is 1. The quantitative estimate of drug-likeness (QED) is 0.468. The van der Waals surface area contributed by atoms with Gasteiger partial charge in [0, 0.05) is 32.5 Å². The molecule has 0 radical (unpaired) electrons. The van der Waals surface area contributed by atoms with Gasteiger partial charge in [0.25, 0.3) is 0 Å². The van der Waals surface area contributed by atoms with E-state index in [1.807, 2.05) is 0 Å². The van der Waals surface area contributed by atoms with Gasteiger partial charge in [0.15, 0.2) is 0 Å². The highest BCUT2D eigenvalue weighted by molar-refractivity contribution is 5.73. The lowest BCUT2D eigenvalue weighted by molar-refractivity contribution is -0.142. The average molecular weight is 326 g/mol. The summed E-state index contributed by atoms with van der Waals surface area (Å²) in [5.41, 5.74) is 0. The molecule has 0 saturated carbocycles. The third-order valence-electron chi connectivity index (χ3n) is 4.46. The molecule has 0 bridgehead atoms. The van der Waals surface area contributed by atoms with Crippen LogP contribution in [0.3, 0.4) is 0 Å². The van der Waals surface area contributed by atoms with E-state index < -0.39 is 0 Å². The maximum absolute atomic E-state index is 11.2. The van der Waals surface area contributed by atoms with Crippen LogP contribution < -0.4 is 5.32 Å². The third-order valence-corrected chi connectivity index (χ3v) is 4.46. The van der Waals surface area contributed by atoms with Crippen molar-refractivity contribution in [2.24, 2.45) is 0 Å². The molecular weight excluding hydrogens is 292 g/mol. The van der Waals surface area contributed by atoms with Crippen molar-refractivity contribution >= 4 is 11.9 Å². The van der Waals surface area contributed by atoms with E-state index in [1.54, 1.807) is 6.92 Å². The molecule has 0 aliphatic carbocycles. The van der Waals surface area contributed by atoms with Crippen molar-refractivity contribution in [1.29, 1.82) is 0 Å². The second-order valence-corrected chi connectivity index (χ2v) is 6.71. The maximum Gasteiger partial charge on any atom is 0.302 e. The lowest BCUT2D eigenvalue weighted by Gasteiger charge is -2.23. The second-order valence-electron chi connectivity index (χ2n) is 6.71. The number of amides is 1. The van der Waals surface area contributed by atoms with Crippen LogP contribution in [0.2, 0.25) is 0 Å². The van der Waals surface area contributed by atoms with E-state index >= 15 is 0 Å². The van der Waals surface area contributed by atoms with Gasteiger partial charge in [0.2, 0.25) is 5.91 Å². The van der Waals surface area contributed by atoms with E-state index in [2.05, 4.69) is 17.1 Å². The lowest BCUT2D eigenvalue weighted by Crippen LogP contribution is -2.36. The fraction of sp³-hybridized carbons (Fsp3) is 0.889. The number of esters is 1. The minimum absolute atomic E-state index is 0.0130. The Morgan fingerprint density at radius 2 is 1.74 bits per heavy atom. The first-order valence-electron chi connectivity index (χ1n) is 9.17. The van der Waals surface area contributed by atoms with Crippen molar-refractivity contribution in [3.63, 3.8) is 0 Å². The fourth-order valence-electron chi connectivity index (χ4n) is 3.31. The molecule has 0 aromatic heterocycles. The zero-order chi connectivity index (χ0) is 17.1. The Balaban J connectivity index is 2.29. The van der Waals surface area contributed by atoms with Crippen LogP contribution in [0.1, 0.15) is 72.1 Å². The van der Waals surface area contributed by atoms with Gasteiger partial charge in [-0.05, 0) is 19.4 Å². The largest absolute Gasteiger partial charge is 0.464 e. The smallest absolute Gasteiger partial charge is 0.302 e. The van der Waals surface area contributed by atoms with E-state index in [4.69, 9.17) is 4.74 Å². The normalized spacial score (nSPS) is 21.3. The Kier molecular flexibility index (Phi) is 9.92. The van der Waals surface area contributed by atoms with Gasteiger partial charge in [-0.15, -0.1) is 0 Å². The van der Waals surface area contributed by atoms with Crippen molar-refractivity contribution < 1.29 is 14.3 Å². The molecule has 23 heavy (non-hydrogen) atoms. The SMILES string of the molecule is CCCCCCCCCN1C[C@@H](NC(C)=O)C[C@H]1COC(C)=O. The Labute approximate surface area is 141 Å². The van der Waals surface area contributed by atoms with Crippen LogP contribution in [-0.2, 0) is 14.3 Å². The highest BCUT2D eigenvalue weighted by atomic mass is 16.5. The molecule has 134 valence electrons. The van der Waals surface area contributed by atoms with Gasteiger partial charge in [-0.3, -0.25) is 14.5 Å². The Morgan fingerprint density at radius 1 is 1.09 bits per heavy atom. The molecule has 1 aliphatic rings. The van der Waals surface area contributed by atoms with Crippen molar-refractivity contribution in [3.05, 3.63) is 0 Å². The van der Waals surface area contributed by atoms with Crippen molar-refractivity contribution in [3.8, 4) is 0 Å². The zero-order valence-corrected chi connectivity index (χ0v) is 15.1. The molecule has 1 fully saturated rings. The van der Waals surface area contributed by atoms with Crippen molar-refractivity contribution in [1.82, 2.24) is 10.2 Å². The molecule has 0 aromatic carbocycles. The second kappa shape index (κ2) is 11.4. The number of hydrogen-bond acceptors (Lipinski definition) is 4. The minimum atomic E-state index is -0.233. The Hall–Kier alpha value is -1.10. The predicted octanol–water partition coefficient (Wildman–Crippen LogP) is 2.88. The zero-order valence-electron chi connectivity index (χ0n) is 15.1. The first-order chi connectivity index (χ1) is 11.0.